The number of ketones is 1. The number of fused-ring (bicyclic) bond motifs is 1. The summed E-state index contributed by atoms with van der Waals surface area (Å²) < 4.78 is 57.8. The Morgan fingerprint density at radius 1 is 1.17 bits per heavy atom. The van der Waals surface area contributed by atoms with Crippen LogP contribution in [-0.4, -0.2) is 33.2 Å². The second kappa shape index (κ2) is 9.02. The number of pyridine rings is 2. The van der Waals surface area contributed by atoms with Crippen molar-refractivity contribution < 1.29 is 27.1 Å². The molecule has 0 unspecified atom stereocenters. The van der Waals surface area contributed by atoms with Crippen molar-refractivity contribution in [2.45, 2.75) is 39.0 Å². The van der Waals surface area contributed by atoms with Crippen LogP contribution < -0.4 is 4.74 Å². The van der Waals surface area contributed by atoms with Crippen LogP contribution in [0, 0.1) is 0 Å². The molecule has 29 heavy (non-hydrogen) atoms. The minimum absolute atomic E-state index is 0.0615. The molecule has 9 heteroatoms. The number of aromatic nitrogens is 3. The third kappa shape index (κ3) is 5.10. The van der Waals surface area contributed by atoms with Crippen LogP contribution in [0.1, 0.15) is 47.2 Å². The first-order valence-electron chi connectivity index (χ1n) is 9.07. The zero-order valence-corrected chi connectivity index (χ0v) is 15.6. The number of nitrogens with zero attached hydrogens (tertiary/aromatic N) is 3. The number of Topliss-reactive ketones (excluding diaryl/α,β-unsaturated/α-hetero) is 1. The van der Waals surface area contributed by atoms with Gasteiger partial charge in [0.1, 0.15) is 22.8 Å². The van der Waals surface area contributed by atoms with Gasteiger partial charge in [0.25, 0.3) is 6.43 Å². The SMILES string of the molecule is CCOc1cc2nc(CCC(F)F)cn2cc1CC(=O)c1cccc(C(F)F)n1. The molecule has 0 amide bonds. The standard InChI is InChI=1S/C20H19F4N3O2/c1-2-29-17-9-19-25-13(6-7-18(21)22)11-27(19)10-12(17)8-16(28)14-4-3-5-15(26-14)20(23)24/h3-5,9-11,18,20H,2,6-8H2,1H3. The van der Waals surface area contributed by atoms with Gasteiger partial charge in [-0.25, -0.2) is 27.5 Å². The highest BCUT2D eigenvalue weighted by molar-refractivity contribution is 5.96. The minimum Gasteiger partial charge on any atom is -0.493 e. The van der Waals surface area contributed by atoms with Crippen LogP contribution in [0.25, 0.3) is 5.65 Å². The van der Waals surface area contributed by atoms with E-state index in [0.717, 1.165) is 6.07 Å². The number of rotatable bonds is 9. The lowest BCUT2D eigenvalue weighted by atomic mass is 10.1. The van der Waals surface area contributed by atoms with Gasteiger partial charge in [0.05, 0.1) is 12.3 Å². The first-order chi connectivity index (χ1) is 13.9. The fourth-order valence-electron chi connectivity index (χ4n) is 2.90. The Hall–Kier alpha value is -2.97. The van der Waals surface area contributed by atoms with Crippen molar-refractivity contribution in [3.8, 4) is 5.75 Å². The second-order valence-corrected chi connectivity index (χ2v) is 6.37. The molecule has 0 radical (unpaired) electrons. The molecule has 0 spiro atoms. The topological polar surface area (TPSA) is 56.5 Å². The van der Waals surface area contributed by atoms with Crippen LogP contribution in [0.3, 0.4) is 0 Å². The van der Waals surface area contributed by atoms with Crippen LogP contribution in [0.15, 0.2) is 36.7 Å². The Labute approximate surface area is 164 Å². The summed E-state index contributed by atoms with van der Waals surface area (Å²) in [6, 6.07) is 5.53. The Kier molecular flexibility index (Phi) is 6.46. The van der Waals surface area contributed by atoms with Gasteiger partial charge >= 0.3 is 0 Å². The van der Waals surface area contributed by atoms with Crippen molar-refractivity contribution in [2.24, 2.45) is 0 Å². The molecule has 3 aromatic rings. The molecule has 0 aromatic carbocycles. The minimum atomic E-state index is -2.77. The van der Waals surface area contributed by atoms with Crippen LogP contribution in [0.2, 0.25) is 0 Å². The van der Waals surface area contributed by atoms with E-state index in [9.17, 15) is 22.4 Å². The highest BCUT2D eigenvalue weighted by Crippen LogP contribution is 2.24. The van der Waals surface area contributed by atoms with Gasteiger partial charge in [0.15, 0.2) is 5.78 Å². The lowest BCUT2D eigenvalue weighted by Gasteiger charge is -2.11. The maximum absolute atomic E-state index is 12.8. The summed E-state index contributed by atoms with van der Waals surface area (Å²) in [5, 5.41) is 0. The molecule has 3 heterocycles. The van der Waals surface area contributed by atoms with Crippen molar-refractivity contribution >= 4 is 11.4 Å². The molecule has 3 rings (SSSR count). The van der Waals surface area contributed by atoms with Gasteiger partial charge in [-0.05, 0) is 25.5 Å². The van der Waals surface area contributed by atoms with E-state index in [0.29, 0.717) is 29.3 Å². The molecule has 0 bridgehead atoms. The van der Waals surface area contributed by atoms with Gasteiger partial charge in [-0.15, -0.1) is 0 Å². The molecular formula is C20H19F4N3O2. The summed E-state index contributed by atoms with van der Waals surface area (Å²) in [5.41, 5.74) is 1.00. The molecule has 0 aliphatic rings. The van der Waals surface area contributed by atoms with Crippen molar-refractivity contribution in [3.05, 3.63) is 59.3 Å². The summed E-state index contributed by atoms with van der Waals surface area (Å²) in [6.07, 6.45) is -2.21. The van der Waals surface area contributed by atoms with Crippen molar-refractivity contribution in [3.63, 3.8) is 0 Å². The summed E-state index contributed by atoms with van der Waals surface area (Å²) in [5.74, 6) is -0.0183. The van der Waals surface area contributed by atoms with Crippen LogP contribution in [0.4, 0.5) is 17.6 Å². The number of carbonyl (C=O) groups excluding carboxylic acids is 1. The fourth-order valence-corrected chi connectivity index (χ4v) is 2.90. The smallest absolute Gasteiger partial charge is 0.280 e. The molecule has 0 saturated carbocycles. The maximum atomic E-state index is 12.8. The third-order valence-corrected chi connectivity index (χ3v) is 4.23. The first-order valence-corrected chi connectivity index (χ1v) is 9.07. The lowest BCUT2D eigenvalue weighted by Crippen LogP contribution is -2.10. The predicted octanol–water partition coefficient (Wildman–Crippen LogP) is 4.69. The van der Waals surface area contributed by atoms with Gasteiger partial charge in [-0.1, -0.05) is 6.07 Å². The molecule has 0 atom stereocenters. The quantitative estimate of drug-likeness (QED) is 0.380. The van der Waals surface area contributed by atoms with Gasteiger partial charge in [0, 0.05) is 36.9 Å². The fraction of sp³-hybridized carbons (Fsp3) is 0.350. The zero-order valence-electron chi connectivity index (χ0n) is 15.6. The number of aryl methyl sites for hydroxylation is 1. The van der Waals surface area contributed by atoms with E-state index >= 15 is 0 Å². The van der Waals surface area contributed by atoms with Crippen LogP contribution >= 0.6 is 0 Å². The summed E-state index contributed by atoms with van der Waals surface area (Å²) in [7, 11) is 0. The van der Waals surface area contributed by atoms with Crippen molar-refractivity contribution in [2.75, 3.05) is 6.61 Å². The Bertz CT molecular complexity index is 1000. The number of imidazole rings is 1. The van der Waals surface area contributed by atoms with E-state index in [1.54, 1.807) is 29.8 Å². The Balaban J connectivity index is 1.89. The molecular weight excluding hydrogens is 390 g/mol. The average Bonchev–Trinajstić information content (AvgIpc) is 3.08. The van der Waals surface area contributed by atoms with E-state index in [4.69, 9.17) is 4.74 Å². The van der Waals surface area contributed by atoms with E-state index in [1.807, 2.05) is 0 Å². The van der Waals surface area contributed by atoms with Gasteiger partial charge < -0.3 is 9.14 Å². The molecule has 0 fully saturated rings. The first kappa shape index (κ1) is 20.8. The van der Waals surface area contributed by atoms with Gasteiger partial charge in [-0.2, -0.15) is 0 Å². The molecule has 0 aliphatic heterocycles. The highest BCUT2D eigenvalue weighted by Gasteiger charge is 2.17. The van der Waals surface area contributed by atoms with E-state index in [2.05, 4.69) is 9.97 Å². The van der Waals surface area contributed by atoms with Crippen molar-refractivity contribution in [1.29, 1.82) is 0 Å². The third-order valence-electron chi connectivity index (χ3n) is 4.23. The molecule has 3 aromatic heterocycles. The number of hydrogen-bond acceptors (Lipinski definition) is 4. The van der Waals surface area contributed by atoms with Crippen LogP contribution in [-0.2, 0) is 12.8 Å². The van der Waals surface area contributed by atoms with E-state index in [1.165, 1.54) is 12.1 Å². The predicted molar refractivity (Wildman–Crippen MR) is 97.9 cm³/mol. The largest absolute Gasteiger partial charge is 0.493 e. The Morgan fingerprint density at radius 2 is 1.97 bits per heavy atom. The monoisotopic (exact) mass is 409 g/mol. The van der Waals surface area contributed by atoms with E-state index in [-0.39, 0.29) is 25.0 Å². The van der Waals surface area contributed by atoms with Gasteiger partial charge in [0.2, 0.25) is 6.43 Å². The number of halogens is 4. The molecule has 0 aliphatic carbocycles. The summed E-state index contributed by atoms with van der Waals surface area (Å²) >= 11 is 0. The van der Waals surface area contributed by atoms with Gasteiger partial charge in [-0.3, -0.25) is 4.79 Å². The van der Waals surface area contributed by atoms with Crippen molar-refractivity contribution in [1.82, 2.24) is 14.4 Å². The molecule has 0 N–H and O–H groups in total. The number of alkyl halides is 4. The van der Waals surface area contributed by atoms with Crippen LogP contribution in [0.5, 0.6) is 5.75 Å². The normalized spacial score (nSPS) is 11.6. The lowest BCUT2D eigenvalue weighted by molar-refractivity contribution is 0.0984. The number of carbonyl (C=O) groups is 1. The summed E-state index contributed by atoms with van der Waals surface area (Å²) in [4.78, 5) is 20.6. The zero-order chi connectivity index (χ0) is 21.0. The second-order valence-electron chi connectivity index (χ2n) is 6.37. The number of hydrogen-bond donors (Lipinski definition) is 0. The number of ether oxygens (including phenoxy) is 1. The molecule has 5 nitrogen and oxygen atoms in total. The summed E-state index contributed by atoms with van der Waals surface area (Å²) in [6.45, 7) is 2.12. The highest BCUT2D eigenvalue weighted by atomic mass is 19.3. The average molecular weight is 409 g/mol. The molecule has 154 valence electrons. The maximum Gasteiger partial charge on any atom is 0.280 e. The Morgan fingerprint density at radius 3 is 2.66 bits per heavy atom. The van der Waals surface area contributed by atoms with E-state index < -0.39 is 24.3 Å². The molecule has 0 saturated heterocycles.